The summed E-state index contributed by atoms with van der Waals surface area (Å²) >= 11 is 0. The summed E-state index contributed by atoms with van der Waals surface area (Å²) in [6.07, 6.45) is 1.98. The molecule has 404 valence electrons. The smallest absolute Gasteiger partial charge is 0.408 e. The number of hydrogen-bond acceptors (Lipinski definition) is 14. The van der Waals surface area contributed by atoms with Crippen LogP contribution < -0.4 is 31.9 Å². The van der Waals surface area contributed by atoms with Gasteiger partial charge in [0.15, 0.2) is 5.82 Å². The van der Waals surface area contributed by atoms with Crippen LogP contribution in [-0.4, -0.2) is 122 Å². The number of hydrogen-bond donors (Lipinski definition) is 9. The van der Waals surface area contributed by atoms with Crippen LogP contribution in [0.25, 0.3) is 11.3 Å². The highest BCUT2D eigenvalue weighted by Gasteiger charge is 2.33. The van der Waals surface area contributed by atoms with Crippen LogP contribution in [0.1, 0.15) is 82.6 Å². The Balaban J connectivity index is 0.000000333. The Bertz CT molecular complexity index is 2730. The Kier molecular flexibility index (Phi) is 23.2. The van der Waals surface area contributed by atoms with E-state index in [1.807, 2.05) is 42.5 Å². The topological polar surface area (TPSA) is 343 Å². The van der Waals surface area contributed by atoms with Crippen LogP contribution in [0.15, 0.2) is 114 Å². The molecule has 0 spiro atoms. The fraction of sp³-hybridized carbons (Fsp3) is 0.358. The van der Waals surface area contributed by atoms with Crippen molar-refractivity contribution in [3.63, 3.8) is 0 Å². The molecule has 1 aromatic heterocycles. The van der Waals surface area contributed by atoms with Gasteiger partial charge in [0.2, 0.25) is 35.2 Å². The maximum atomic E-state index is 13.1. The van der Waals surface area contributed by atoms with Crippen molar-refractivity contribution >= 4 is 65.5 Å². The average Bonchev–Trinajstić information content (AvgIpc) is 4.12. The number of carboxylic acid groups (broad SMARTS) is 2. The van der Waals surface area contributed by atoms with Gasteiger partial charge in [-0.3, -0.25) is 43.3 Å². The molecule has 0 fully saturated rings. The highest BCUT2D eigenvalue weighted by atomic mass is 16.6. The maximum absolute atomic E-state index is 13.1. The van der Waals surface area contributed by atoms with Gasteiger partial charge in [-0.25, -0.2) is 14.6 Å². The quantitative estimate of drug-likeness (QED) is 0.0424. The van der Waals surface area contributed by atoms with Gasteiger partial charge in [-0.1, -0.05) is 119 Å². The summed E-state index contributed by atoms with van der Waals surface area (Å²) in [4.78, 5) is 135. The zero-order valence-electron chi connectivity index (χ0n) is 42.7. The van der Waals surface area contributed by atoms with E-state index in [1.54, 1.807) is 76.2 Å². The van der Waals surface area contributed by atoms with Crippen molar-refractivity contribution in [2.24, 2.45) is 16.8 Å². The van der Waals surface area contributed by atoms with E-state index in [4.69, 9.17) is 14.6 Å². The number of imidazole rings is 1. The minimum atomic E-state index is -1.44. The molecule has 4 aromatic rings. The number of ketones is 2. The van der Waals surface area contributed by atoms with E-state index in [-0.39, 0.29) is 36.6 Å². The lowest BCUT2D eigenvalue weighted by atomic mass is 10.0. The van der Waals surface area contributed by atoms with E-state index >= 15 is 0 Å². The number of aromatic amines is 1. The zero-order chi connectivity index (χ0) is 55.9. The van der Waals surface area contributed by atoms with E-state index in [9.17, 15) is 53.1 Å². The number of nitrogens with one attached hydrogen (secondary N) is 7. The SMILES string of the molecule is CC(C)[C@H](NC(=O)OCc1ccccc1)C(=O)N[C@@H](C)C(=O)NC(CC(=O)O)C(=O)c1ncc(-c2ccccc2)[nH]1.CC(C)[C@H](NC(=O)OCc1ccccc1)C(=O)N[C@@H](C)C(=O)N[C@@H](CC(=O)O)C(=O)C1=CCC=N1. The van der Waals surface area contributed by atoms with Crippen molar-refractivity contribution in [1.29, 1.82) is 0 Å². The molecule has 9 N–H and O–H groups in total. The highest BCUT2D eigenvalue weighted by molar-refractivity contribution is 6.05. The molecule has 0 radical (unpaired) electrons. The monoisotopic (exact) mass is 1050 g/mol. The molecule has 6 atom stereocenters. The number of carbonyl (C=O) groups is 10. The number of H-pyrrole nitrogens is 1. The fourth-order valence-electron chi connectivity index (χ4n) is 7.04. The molecule has 0 aliphatic carbocycles. The molecule has 76 heavy (non-hydrogen) atoms. The van der Waals surface area contributed by atoms with Crippen LogP contribution in [0.2, 0.25) is 0 Å². The van der Waals surface area contributed by atoms with E-state index in [2.05, 4.69) is 46.9 Å². The number of aliphatic carboxylic acids is 2. The molecule has 6 amide bonds. The van der Waals surface area contributed by atoms with E-state index in [0.717, 1.165) is 16.7 Å². The predicted molar refractivity (Wildman–Crippen MR) is 275 cm³/mol. The number of carboxylic acids is 2. The zero-order valence-corrected chi connectivity index (χ0v) is 42.7. The van der Waals surface area contributed by atoms with Gasteiger partial charge in [0.25, 0.3) is 0 Å². The van der Waals surface area contributed by atoms with Gasteiger partial charge in [-0.15, -0.1) is 0 Å². The van der Waals surface area contributed by atoms with Crippen LogP contribution in [0, 0.1) is 11.8 Å². The summed E-state index contributed by atoms with van der Waals surface area (Å²) in [7, 11) is 0. The van der Waals surface area contributed by atoms with Crippen LogP contribution >= 0.6 is 0 Å². The number of nitrogens with zero attached hydrogens (tertiary/aromatic N) is 2. The van der Waals surface area contributed by atoms with Gasteiger partial charge in [0, 0.05) is 12.6 Å². The molecule has 0 bridgehead atoms. The molecule has 2 heterocycles. The Hall–Kier alpha value is -9.02. The lowest BCUT2D eigenvalue weighted by molar-refractivity contribution is -0.140. The van der Waals surface area contributed by atoms with E-state index in [0.29, 0.717) is 12.1 Å². The lowest BCUT2D eigenvalue weighted by Crippen LogP contribution is -2.56. The Morgan fingerprint density at radius 3 is 1.37 bits per heavy atom. The fourth-order valence-corrected chi connectivity index (χ4v) is 7.04. The van der Waals surface area contributed by atoms with E-state index in [1.165, 1.54) is 32.3 Å². The summed E-state index contributed by atoms with van der Waals surface area (Å²) < 4.78 is 10.3. The molecule has 23 heteroatoms. The van der Waals surface area contributed by atoms with Crippen molar-refractivity contribution in [3.8, 4) is 11.3 Å². The number of aliphatic imine (C=N–C) groups is 1. The van der Waals surface area contributed by atoms with Crippen molar-refractivity contribution in [2.75, 3.05) is 0 Å². The molecule has 0 saturated heterocycles. The van der Waals surface area contributed by atoms with Gasteiger partial charge < -0.3 is 56.6 Å². The number of Topliss-reactive ketones (excluding diaryl/α,β-unsaturated/α-hetero) is 2. The summed E-state index contributed by atoms with van der Waals surface area (Å²) in [5.41, 5.74) is 2.94. The maximum Gasteiger partial charge on any atom is 0.408 e. The Morgan fingerprint density at radius 1 is 0.553 bits per heavy atom. The van der Waals surface area contributed by atoms with Gasteiger partial charge >= 0.3 is 24.1 Å². The first-order valence-electron chi connectivity index (χ1n) is 24.1. The summed E-state index contributed by atoms with van der Waals surface area (Å²) in [6.45, 7) is 9.64. The highest BCUT2D eigenvalue weighted by Crippen LogP contribution is 2.18. The number of rotatable bonds is 25. The Morgan fingerprint density at radius 2 is 0.974 bits per heavy atom. The van der Waals surface area contributed by atoms with Crippen molar-refractivity contribution in [3.05, 3.63) is 126 Å². The summed E-state index contributed by atoms with van der Waals surface area (Å²) in [6, 6.07) is 20.0. The normalized spacial score (nSPS) is 13.9. The minimum Gasteiger partial charge on any atom is -0.481 e. The average molecular weight is 1050 g/mol. The number of amides is 6. The first-order chi connectivity index (χ1) is 36.1. The summed E-state index contributed by atoms with van der Waals surface area (Å²) in [5, 5.41) is 33.2. The number of allylic oxidation sites excluding steroid dienone is 1. The molecule has 1 aliphatic heterocycles. The molecule has 3 aromatic carbocycles. The molecule has 5 rings (SSSR count). The number of ether oxygens (including phenoxy) is 2. The van der Waals surface area contributed by atoms with Crippen molar-refractivity contribution in [1.82, 2.24) is 41.9 Å². The predicted octanol–water partition coefficient (Wildman–Crippen LogP) is 4.00. The van der Waals surface area contributed by atoms with Crippen molar-refractivity contribution in [2.45, 2.75) is 110 Å². The molecular weight excluding hydrogens is 987 g/mol. The largest absolute Gasteiger partial charge is 0.481 e. The molecule has 1 unspecified atom stereocenters. The first-order valence-corrected chi connectivity index (χ1v) is 24.1. The van der Waals surface area contributed by atoms with Gasteiger partial charge in [-0.05, 0) is 48.4 Å². The van der Waals surface area contributed by atoms with Crippen LogP contribution in [-0.2, 0) is 56.2 Å². The van der Waals surface area contributed by atoms with Crippen LogP contribution in [0.3, 0.4) is 0 Å². The van der Waals surface area contributed by atoms with Crippen LogP contribution in [0.4, 0.5) is 9.59 Å². The number of aromatic nitrogens is 2. The molecule has 0 saturated carbocycles. The van der Waals surface area contributed by atoms with Gasteiger partial charge in [-0.2, -0.15) is 0 Å². The van der Waals surface area contributed by atoms with Gasteiger partial charge in [0.1, 0.15) is 55.2 Å². The third kappa shape index (κ3) is 19.4. The number of carbonyl (C=O) groups excluding carboxylic acids is 8. The van der Waals surface area contributed by atoms with Gasteiger partial charge in [0.05, 0.1) is 24.7 Å². The second-order valence-corrected chi connectivity index (χ2v) is 18.0. The molecular formula is C53H63N9O14. The molecule has 1 aliphatic rings. The second kappa shape index (κ2) is 29.6. The molecule has 23 nitrogen and oxygen atoms in total. The second-order valence-electron chi connectivity index (χ2n) is 18.0. The summed E-state index contributed by atoms with van der Waals surface area (Å²) in [5.74, 6) is -7.59. The lowest BCUT2D eigenvalue weighted by Gasteiger charge is -2.24. The first kappa shape index (κ1) is 59.5. The van der Waals surface area contributed by atoms with Crippen molar-refractivity contribution < 1.29 is 67.6 Å². The van der Waals surface area contributed by atoms with Crippen LogP contribution in [0.5, 0.6) is 0 Å². The standard InChI is InChI=1S/C29H33N5O7.C24H30N4O7/c1-17(2)24(34-29(40)41-16-19-10-6-4-7-11-19)28(39)31-18(3)27(38)33-21(14-23(35)36)25(37)26-30-15-22(32-26)20-12-8-5-9-13-20;1-14(2)20(28-24(34)35-13-16-8-5-4-6-9-16)23(33)26-15(3)22(32)27-18(12-19(29)30)21(31)17-10-7-11-25-17/h4-13,15,17-18,21,24H,14,16H2,1-3H3,(H,30,32)(H,31,39)(H,33,38)(H,34,40)(H,35,36);4-6,8-11,14-15,18,20H,7,12-13H2,1-3H3,(H,26,33)(H,27,32)(H,28,34)(H,29,30)/t18-,21?,24-;15-,18-,20-/m00/s1. The minimum absolute atomic E-state index is 0.0133. The third-order valence-electron chi connectivity index (χ3n) is 11.2. The third-order valence-corrected chi connectivity index (χ3v) is 11.2. The Labute approximate surface area is 438 Å². The number of benzene rings is 3. The number of alkyl carbamates (subject to hydrolysis) is 2. The van der Waals surface area contributed by atoms with E-state index < -0.39 is 108 Å².